The van der Waals surface area contributed by atoms with E-state index in [0.29, 0.717) is 25.9 Å². The van der Waals surface area contributed by atoms with E-state index in [2.05, 4.69) is 29.6 Å². The Morgan fingerprint density at radius 2 is 1.71 bits per heavy atom. The second-order valence-corrected chi connectivity index (χ2v) is 10.2. The highest BCUT2D eigenvalue weighted by Gasteiger charge is 2.47. The van der Waals surface area contributed by atoms with Crippen LogP contribution >= 0.6 is 0 Å². The van der Waals surface area contributed by atoms with E-state index < -0.39 is 17.5 Å². The van der Waals surface area contributed by atoms with Gasteiger partial charge in [-0.3, -0.25) is 9.59 Å². The van der Waals surface area contributed by atoms with Gasteiger partial charge in [-0.2, -0.15) is 0 Å². The Morgan fingerprint density at radius 3 is 2.29 bits per heavy atom. The van der Waals surface area contributed by atoms with E-state index >= 15 is 0 Å². The Kier molecular flexibility index (Phi) is 7.15. The molecule has 2 aromatic rings. The molecule has 0 aromatic heterocycles. The van der Waals surface area contributed by atoms with Crippen LogP contribution < -0.4 is 5.32 Å². The van der Waals surface area contributed by atoms with Crippen LogP contribution in [-0.2, 0) is 14.3 Å². The summed E-state index contributed by atoms with van der Waals surface area (Å²) in [6.07, 6.45) is 0.475. The topological polar surface area (TPSA) is 95.9 Å². The monoisotopic (exact) mass is 478 g/mol. The molecule has 1 aliphatic heterocycles. The second-order valence-electron chi connectivity index (χ2n) is 10.2. The smallest absolute Gasteiger partial charge is 0.407 e. The highest BCUT2D eigenvalue weighted by atomic mass is 16.5. The lowest BCUT2D eigenvalue weighted by Crippen LogP contribution is -2.36. The van der Waals surface area contributed by atoms with E-state index in [1.54, 1.807) is 11.8 Å². The number of carbonyl (C=O) groups excluding carboxylic acids is 2. The van der Waals surface area contributed by atoms with Crippen LogP contribution in [0.1, 0.15) is 50.7 Å². The van der Waals surface area contributed by atoms with Gasteiger partial charge >= 0.3 is 12.1 Å². The molecular formula is C28H34N2O5. The third kappa shape index (κ3) is 5.04. The molecule has 2 aliphatic rings. The standard InChI is InChI=1S/C28H34N2O5/c1-18(12-13-25(31)30-15-19(2)28(3,17-30)26(32)33)14-29-27(34)35-16-24-22-10-6-4-8-20(22)21-9-5-7-11-23(21)24/h4-11,18-19,24H,12-17H2,1-3H3,(H,29,34)(H,32,33). The van der Waals surface area contributed by atoms with Crippen LogP contribution in [0.15, 0.2) is 48.5 Å². The van der Waals surface area contributed by atoms with E-state index in [4.69, 9.17) is 4.74 Å². The molecule has 2 N–H and O–H groups in total. The van der Waals surface area contributed by atoms with Gasteiger partial charge in [-0.15, -0.1) is 0 Å². The van der Waals surface area contributed by atoms with Gasteiger partial charge < -0.3 is 20.1 Å². The largest absolute Gasteiger partial charge is 0.481 e. The number of carboxylic acids is 1. The third-order valence-corrected chi connectivity index (χ3v) is 7.73. The van der Waals surface area contributed by atoms with E-state index in [-0.39, 0.29) is 36.8 Å². The Hall–Kier alpha value is -3.35. The molecular weight excluding hydrogens is 444 g/mol. The number of amides is 2. The molecule has 1 saturated heterocycles. The SMILES string of the molecule is CC(CCC(=O)N1CC(C)C(C)(C(=O)O)C1)CNC(=O)OCC1c2ccccc2-c2ccccc21. The first-order valence-corrected chi connectivity index (χ1v) is 12.3. The molecule has 0 bridgehead atoms. The number of nitrogens with zero attached hydrogens (tertiary/aromatic N) is 1. The number of fused-ring (bicyclic) bond motifs is 3. The molecule has 7 nitrogen and oxygen atoms in total. The molecule has 0 spiro atoms. The molecule has 1 heterocycles. The lowest BCUT2D eigenvalue weighted by molar-refractivity contribution is -0.149. The molecule has 0 radical (unpaired) electrons. The van der Waals surface area contributed by atoms with Crippen molar-refractivity contribution in [3.05, 3.63) is 59.7 Å². The van der Waals surface area contributed by atoms with Crippen LogP contribution in [0, 0.1) is 17.3 Å². The first-order chi connectivity index (χ1) is 16.7. The summed E-state index contributed by atoms with van der Waals surface area (Å²) in [6.45, 7) is 6.94. The Balaban J connectivity index is 1.21. The fraction of sp³-hybridized carbons (Fsp3) is 0.464. The number of ether oxygens (including phenoxy) is 1. The van der Waals surface area contributed by atoms with Gasteiger partial charge in [0.2, 0.25) is 5.91 Å². The Morgan fingerprint density at radius 1 is 1.11 bits per heavy atom. The summed E-state index contributed by atoms with van der Waals surface area (Å²) < 4.78 is 5.57. The summed E-state index contributed by atoms with van der Waals surface area (Å²) in [4.78, 5) is 38.2. The fourth-order valence-corrected chi connectivity index (χ4v) is 5.15. The van der Waals surface area contributed by atoms with Gasteiger partial charge in [0, 0.05) is 32.0 Å². The van der Waals surface area contributed by atoms with Crippen LogP contribution in [0.5, 0.6) is 0 Å². The molecule has 186 valence electrons. The molecule has 4 rings (SSSR count). The van der Waals surface area contributed by atoms with Crippen LogP contribution in [0.2, 0.25) is 0 Å². The van der Waals surface area contributed by atoms with E-state index in [1.165, 1.54) is 22.3 Å². The van der Waals surface area contributed by atoms with Gasteiger partial charge in [-0.1, -0.05) is 62.4 Å². The number of carbonyl (C=O) groups is 3. The lowest BCUT2D eigenvalue weighted by Gasteiger charge is -2.22. The number of hydrogen-bond donors (Lipinski definition) is 2. The average molecular weight is 479 g/mol. The summed E-state index contributed by atoms with van der Waals surface area (Å²) in [5.41, 5.74) is 3.82. The zero-order valence-electron chi connectivity index (χ0n) is 20.6. The number of nitrogens with one attached hydrogen (secondary N) is 1. The molecule has 7 heteroatoms. The van der Waals surface area contributed by atoms with Crippen molar-refractivity contribution < 1.29 is 24.2 Å². The van der Waals surface area contributed by atoms with Crippen molar-refractivity contribution in [3.63, 3.8) is 0 Å². The van der Waals surface area contributed by atoms with E-state index in [1.807, 2.05) is 38.1 Å². The van der Waals surface area contributed by atoms with Gasteiger partial charge in [0.25, 0.3) is 0 Å². The molecule has 2 aromatic carbocycles. The number of aliphatic carboxylic acids is 1. The summed E-state index contributed by atoms with van der Waals surface area (Å²) >= 11 is 0. The van der Waals surface area contributed by atoms with Crippen LogP contribution in [0.4, 0.5) is 4.79 Å². The first kappa shape index (κ1) is 24.8. The maximum absolute atomic E-state index is 12.6. The summed E-state index contributed by atoms with van der Waals surface area (Å²) in [5.74, 6) is -0.875. The van der Waals surface area contributed by atoms with Crippen molar-refractivity contribution in [1.29, 1.82) is 0 Å². The predicted octanol–water partition coefficient (Wildman–Crippen LogP) is 4.51. The number of carboxylic acid groups (broad SMARTS) is 1. The van der Waals surface area contributed by atoms with Gasteiger partial charge in [0.15, 0.2) is 0 Å². The minimum atomic E-state index is -0.896. The summed E-state index contributed by atoms with van der Waals surface area (Å²) in [5, 5.41) is 12.3. The average Bonchev–Trinajstić information content (AvgIpc) is 3.34. The zero-order chi connectivity index (χ0) is 25.2. The van der Waals surface area contributed by atoms with Crippen molar-refractivity contribution in [2.45, 2.75) is 39.5 Å². The maximum atomic E-state index is 12.6. The zero-order valence-corrected chi connectivity index (χ0v) is 20.6. The van der Waals surface area contributed by atoms with Crippen molar-refractivity contribution in [1.82, 2.24) is 10.2 Å². The van der Waals surface area contributed by atoms with Crippen molar-refractivity contribution in [3.8, 4) is 11.1 Å². The predicted molar refractivity (Wildman–Crippen MR) is 133 cm³/mol. The molecule has 3 atom stereocenters. The van der Waals surface area contributed by atoms with Crippen molar-refractivity contribution in [2.75, 3.05) is 26.2 Å². The molecule has 0 saturated carbocycles. The molecule has 1 aliphatic carbocycles. The number of likely N-dealkylation sites (tertiary alicyclic amines) is 1. The lowest BCUT2D eigenvalue weighted by atomic mass is 9.81. The first-order valence-electron chi connectivity index (χ1n) is 12.3. The minimum absolute atomic E-state index is 0.0162. The number of benzene rings is 2. The van der Waals surface area contributed by atoms with E-state index in [0.717, 1.165) is 0 Å². The molecule has 3 unspecified atom stereocenters. The van der Waals surface area contributed by atoms with Crippen LogP contribution in [0.25, 0.3) is 11.1 Å². The van der Waals surface area contributed by atoms with Crippen molar-refractivity contribution >= 4 is 18.0 Å². The minimum Gasteiger partial charge on any atom is -0.481 e. The molecule has 2 amide bonds. The van der Waals surface area contributed by atoms with Gasteiger partial charge in [0.05, 0.1) is 5.41 Å². The molecule has 35 heavy (non-hydrogen) atoms. The number of rotatable bonds is 8. The maximum Gasteiger partial charge on any atom is 0.407 e. The quantitative estimate of drug-likeness (QED) is 0.582. The van der Waals surface area contributed by atoms with E-state index in [9.17, 15) is 19.5 Å². The molecule has 1 fully saturated rings. The van der Waals surface area contributed by atoms with Gasteiger partial charge in [0.1, 0.15) is 6.61 Å². The highest BCUT2D eigenvalue weighted by molar-refractivity contribution is 5.81. The van der Waals surface area contributed by atoms with Crippen molar-refractivity contribution in [2.24, 2.45) is 17.3 Å². The fourth-order valence-electron chi connectivity index (χ4n) is 5.15. The van der Waals surface area contributed by atoms with Gasteiger partial charge in [-0.25, -0.2) is 4.79 Å². The Bertz CT molecular complexity index is 1070. The normalized spacial score (nSPS) is 21.8. The number of hydrogen-bond acceptors (Lipinski definition) is 4. The van der Waals surface area contributed by atoms with Crippen LogP contribution in [0.3, 0.4) is 0 Å². The van der Waals surface area contributed by atoms with Gasteiger partial charge in [-0.05, 0) is 47.4 Å². The highest BCUT2D eigenvalue weighted by Crippen LogP contribution is 2.44. The third-order valence-electron chi connectivity index (χ3n) is 7.73. The summed E-state index contributed by atoms with van der Waals surface area (Å²) in [7, 11) is 0. The second kappa shape index (κ2) is 10.1. The van der Waals surface area contributed by atoms with Crippen LogP contribution in [-0.4, -0.2) is 54.2 Å². The number of alkyl carbamates (subject to hydrolysis) is 1. The summed E-state index contributed by atoms with van der Waals surface area (Å²) in [6, 6.07) is 16.4. The Labute approximate surface area is 206 Å².